The normalized spacial score (nSPS) is 17.9. The SMILES string of the molecule is CCN(CC)CCCN1C(=O)C(=O)/C(=C(/O)c2cccc(OC)c2)C1c1cccc(O)c1. The Morgan fingerprint density at radius 1 is 1.09 bits per heavy atom. The van der Waals surface area contributed by atoms with Gasteiger partial charge in [0, 0.05) is 12.1 Å². The van der Waals surface area contributed by atoms with Crippen LogP contribution in [-0.4, -0.2) is 65.0 Å². The quantitative estimate of drug-likeness (QED) is 0.354. The fourth-order valence-electron chi connectivity index (χ4n) is 4.08. The van der Waals surface area contributed by atoms with Crippen LogP contribution in [0.1, 0.15) is 37.4 Å². The standard InChI is InChI=1S/C25H30N2O5/c1-4-26(5-2)13-8-14-27-22(17-9-6-11-19(28)15-17)21(24(30)25(27)31)23(29)18-10-7-12-20(16-18)32-3/h6-7,9-12,15-16,22,28-29H,4-5,8,13-14H2,1-3H3/b23-21+. The number of aliphatic hydroxyl groups excluding tert-OH is 1. The summed E-state index contributed by atoms with van der Waals surface area (Å²) in [5, 5.41) is 21.1. The third kappa shape index (κ3) is 4.78. The third-order valence-corrected chi connectivity index (χ3v) is 5.84. The first-order chi connectivity index (χ1) is 15.4. The van der Waals surface area contributed by atoms with E-state index >= 15 is 0 Å². The number of carbonyl (C=O) groups is 2. The number of aromatic hydroxyl groups is 1. The Kier molecular flexibility index (Phi) is 7.53. The second kappa shape index (κ2) is 10.3. The minimum atomic E-state index is -0.787. The maximum Gasteiger partial charge on any atom is 0.295 e. The molecule has 0 bridgehead atoms. The molecular weight excluding hydrogens is 408 g/mol. The van der Waals surface area contributed by atoms with Crippen molar-refractivity contribution in [3.63, 3.8) is 0 Å². The van der Waals surface area contributed by atoms with Gasteiger partial charge < -0.3 is 24.7 Å². The second-order valence-electron chi connectivity index (χ2n) is 7.70. The summed E-state index contributed by atoms with van der Waals surface area (Å²) in [5.74, 6) is -1.10. The highest BCUT2D eigenvalue weighted by atomic mass is 16.5. The lowest BCUT2D eigenvalue weighted by atomic mass is 9.95. The first-order valence-corrected chi connectivity index (χ1v) is 10.8. The largest absolute Gasteiger partial charge is 0.508 e. The number of hydrogen-bond acceptors (Lipinski definition) is 6. The molecule has 0 aromatic heterocycles. The minimum Gasteiger partial charge on any atom is -0.508 e. The monoisotopic (exact) mass is 438 g/mol. The van der Waals surface area contributed by atoms with E-state index in [9.17, 15) is 19.8 Å². The number of likely N-dealkylation sites (tertiary alicyclic amines) is 1. The van der Waals surface area contributed by atoms with Gasteiger partial charge in [-0.05, 0) is 55.9 Å². The predicted molar refractivity (Wildman–Crippen MR) is 123 cm³/mol. The summed E-state index contributed by atoms with van der Waals surface area (Å²) < 4.78 is 5.23. The van der Waals surface area contributed by atoms with Gasteiger partial charge in [0.2, 0.25) is 0 Å². The van der Waals surface area contributed by atoms with E-state index in [1.54, 1.807) is 36.4 Å². The molecule has 2 aromatic rings. The zero-order valence-corrected chi connectivity index (χ0v) is 18.7. The van der Waals surface area contributed by atoms with Crippen molar-refractivity contribution in [2.75, 3.05) is 33.3 Å². The zero-order valence-electron chi connectivity index (χ0n) is 18.7. The van der Waals surface area contributed by atoms with Crippen LogP contribution in [0.5, 0.6) is 11.5 Å². The molecular formula is C25H30N2O5. The zero-order chi connectivity index (χ0) is 23.3. The van der Waals surface area contributed by atoms with Crippen LogP contribution in [0.15, 0.2) is 54.1 Å². The summed E-state index contributed by atoms with van der Waals surface area (Å²) in [6.07, 6.45) is 0.684. The molecule has 0 radical (unpaired) electrons. The van der Waals surface area contributed by atoms with Crippen molar-refractivity contribution in [3.05, 3.63) is 65.2 Å². The highest BCUT2D eigenvalue weighted by Crippen LogP contribution is 2.40. The molecule has 7 nitrogen and oxygen atoms in total. The first-order valence-electron chi connectivity index (χ1n) is 10.8. The smallest absolute Gasteiger partial charge is 0.295 e. The average molecular weight is 439 g/mol. The van der Waals surface area contributed by atoms with Gasteiger partial charge in [0.05, 0.1) is 18.7 Å². The van der Waals surface area contributed by atoms with Crippen LogP contribution < -0.4 is 4.74 Å². The molecule has 1 aliphatic rings. The molecule has 1 amide bonds. The van der Waals surface area contributed by atoms with Crippen molar-refractivity contribution in [2.45, 2.75) is 26.3 Å². The highest BCUT2D eigenvalue weighted by molar-refractivity contribution is 6.46. The number of phenolic OH excluding ortho intramolecular Hbond substituents is 1. The number of aliphatic hydroxyl groups is 1. The van der Waals surface area contributed by atoms with E-state index in [1.165, 1.54) is 24.1 Å². The number of hydrogen-bond donors (Lipinski definition) is 2. The molecule has 1 unspecified atom stereocenters. The van der Waals surface area contributed by atoms with Crippen molar-refractivity contribution in [1.82, 2.24) is 9.80 Å². The van der Waals surface area contributed by atoms with Gasteiger partial charge in [0.1, 0.15) is 17.3 Å². The number of ether oxygens (including phenoxy) is 1. The minimum absolute atomic E-state index is 0.0108. The van der Waals surface area contributed by atoms with Crippen molar-refractivity contribution < 1.29 is 24.5 Å². The lowest BCUT2D eigenvalue weighted by molar-refractivity contribution is -0.140. The van der Waals surface area contributed by atoms with Crippen LogP contribution in [0, 0.1) is 0 Å². The maximum atomic E-state index is 13.0. The lowest BCUT2D eigenvalue weighted by Gasteiger charge is -2.27. The number of amides is 1. The molecule has 1 saturated heterocycles. The van der Waals surface area contributed by atoms with E-state index in [4.69, 9.17) is 4.74 Å². The first kappa shape index (κ1) is 23.3. The summed E-state index contributed by atoms with van der Waals surface area (Å²) in [7, 11) is 1.51. The molecule has 0 saturated carbocycles. The second-order valence-corrected chi connectivity index (χ2v) is 7.70. The molecule has 7 heteroatoms. The van der Waals surface area contributed by atoms with E-state index < -0.39 is 17.7 Å². The Morgan fingerprint density at radius 3 is 2.47 bits per heavy atom. The summed E-state index contributed by atoms with van der Waals surface area (Å²) in [6.45, 7) is 7.12. The van der Waals surface area contributed by atoms with Crippen LogP contribution in [0.4, 0.5) is 0 Å². The Bertz CT molecular complexity index is 1010. The predicted octanol–water partition coefficient (Wildman–Crippen LogP) is 3.55. The summed E-state index contributed by atoms with van der Waals surface area (Å²) in [6, 6.07) is 12.4. The van der Waals surface area contributed by atoms with Crippen LogP contribution >= 0.6 is 0 Å². The molecule has 170 valence electrons. The molecule has 1 atom stereocenters. The van der Waals surface area contributed by atoms with Crippen LogP contribution in [0.25, 0.3) is 5.76 Å². The molecule has 2 aromatic carbocycles. The number of Topliss-reactive ketones (excluding diaryl/α,β-unsaturated/α-hetero) is 1. The Balaban J connectivity index is 2.04. The molecule has 0 spiro atoms. The summed E-state index contributed by atoms with van der Waals surface area (Å²) in [5.41, 5.74) is 0.962. The van der Waals surface area contributed by atoms with Gasteiger partial charge in [-0.15, -0.1) is 0 Å². The van der Waals surface area contributed by atoms with Gasteiger partial charge in [-0.1, -0.05) is 38.1 Å². The third-order valence-electron chi connectivity index (χ3n) is 5.84. The summed E-state index contributed by atoms with van der Waals surface area (Å²) in [4.78, 5) is 29.8. The number of nitrogens with zero attached hydrogens (tertiary/aromatic N) is 2. The van der Waals surface area contributed by atoms with Crippen molar-refractivity contribution in [2.24, 2.45) is 0 Å². The number of benzene rings is 2. The van der Waals surface area contributed by atoms with Gasteiger partial charge in [-0.3, -0.25) is 9.59 Å². The molecule has 1 fully saturated rings. The highest BCUT2D eigenvalue weighted by Gasteiger charge is 2.45. The Morgan fingerprint density at radius 2 is 1.81 bits per heavy atom. The number of ketones is 1. The number of rotatable bonds is 9. The summed E-state index contributed by atoms with van der Waals surface area (Å²) >= 11 is 0. The Hall–Kier alpha value is -3.32. The van der Waals surface area contributed by atoms with Crippen molar-refractivity contribution in [3.8, 4) is 11.5 Å². The van der Waals surface area contributed by atoms with Gasteiger partial charge in [0.15, 0.2) is 0 Å². The number of methoxy groups -OCH3 is 1. The van der Waals surface area contributed by atoms with E-state index in [-0.39, 0.29) is 17.1 Å². The van der Waals surface area contributed by atoms with Gasteiger partial charge >= 0.3 is 0 Å². The molecule has 3 rings (SSSR count). The van der Waals surface area contributed by atoms with Gasteiger partial charge in [-0.2, -0.15) is 0 Å². The molecule has 1 aliphatic heterocycles. The van der Waals surface area contributed by atoms with Gasteiger partial charge in [0.25, 0.3) is 11.7 Å². The lowest BCUT2D eigenvalue weighted by Crippen LogP contribution is -2.33. The number of phenols is 1. The van der Waals surface area contributed by atoms with Gasteiger partial charge in [-0.25, -0.2) is 0 Å². The van der Waals surface area contributed by atoms with E-state index in [0.717, 1.165) is 19.6 Å². The molecule has 32 heavy (non-hydrogen) atoms. The van der Waals surface area contributed by atoms with E-state index in [2.05, 4.69) is 18.7 Å². The van der Waals surface area contributed by atoms with Crippen molar-refractivity contribution in [1.29, 1.82) is 0 Å². The van der Waals surface area contributed by atoms with E-state index in [0.29, 0.717) is 29.8 Å². The van der Waals surface area contributed by atoms with Crippen LogP contribution in [0.2, 0.25) is 0 Å². The Labute approximate surface area is 188 Å². The van der Waals surface area contributed by atoms with Crippen LogP contribution in [0.3, 0.4) is 0 Å². The van der Waals surface area contributed by atoms with Crippen LogP contribution in [-0.2, 0) is 9.59 Å². The van der Waals surface area contributed by atoms with Crippen molar-refractivity contribution >= 4 is 17.4 Å². The maximum absolute atomic E-state index is 13.0. The molecule has 2 N–H and O–H groups in total. The fourth-order valence-corrected chi connectivity index (χ4v) is 4.08. The average Bonchev–Trinajstić information content (AvgIpc) is 3.06. The van der Waals surface area contributed by atoms with E-state index in [1.807, 2.05) is 0 Å². The molecule has 1 heterocycles. The topological polar surface area (TPSA) is 90.3 Å². The number of carbonyl (C=O) groups excluding carboxylic acids is 2. The fraction of sp³-hybridized carbons (Fsp3) is 0.360. The molecule has 0 aliphatic carbocycles.